The molecule has 2 aromatic rings. The summed E-state index contributed by atoms with van der Waals surface area (Å²) in [5.74, 6) is -0.504. The number of aliphatic hydroxyl groups excluding tert-OH is 1. The number of unbranched alkanes of at least 4 members (excludes halogenated alkanes) is 1. The largest absolute Gasteiger partial charge is 0.497 e. The summed E-state index contributed by atoms with van der Waals surface area (Å²) < 4.78 is 9.98. The lowest BCUT2D eigenvalue weighted by atomic mass is 9.70. The van der Waals surface area contributed by atoms with Crippen LogP contribution in [0.3, 0.4) is 0 Å². The zero-order valence-corrected chi connectivity index (χ0v) is 24.9. The molecule has 9 nitrogen and oxygen atoms in total. The van der Waals surface area contributed by atoms with Crippen LogP contribution in [0.2, 0.25) is 0 Å². The Bertz CT molecular complexity index is 1250. The predicted molar refractivity (Wildman–Crippen MR) is 158 cm³/mol. The van der Waals surface area contributed by atoms with Gasteiger partial charge >= 0.3 is 0 Å². The van der Waals surface area contributed by atoms with E-state index in [9.17, 15) is 19.5 Å². The van der Waals surface area contributed by atoms with Crippen molar-refractivity contribution >= 4 is 56.8 Å². The van der Waals surface area contributed by atoms with Gasteiger partial charge in [0.15, 0.2) is 0 Å². The second-order valence-corrected chi connectivity index (χ2v) is 13.0. The van der Waals surface area contributed by atoms with Crippen LogP contribution in [0.5, 0.6) is 11.5 Å². The van der Waals surface area contributed by atoms with E-state index in [0.29, 0.717) is 55.3 Å². The van der Waals surface area contributed by atoms with E-state index >= 15 is 0 Å². The van der Waals surface area contributed by atoms with Crippen molar-refractivity contribution in [2.24, 2.45) is 11.8 Å². The molecule has 3 aliphatic rings. The Kier molecular flexibility index (Phi) is 8.63. The molecule has 3 unspecified atom stereocenters. The van der Waals surface area contributed by atoms with Gasteiger partial charge < -0.3 is 30.1 Å². The third-order valence-electron chi connectivity index (χ3n) is 7.94. The van der Waals surface area contributed by atoms with Crippen LogP contribution in [0.25, 0.3) is 0 Å². The second-order valence-electron chi connectivity index (χ2n) is 10.3. The number of carbonyl (C=O) groups excluding carboxylic acids is 3. The molecule has 3 fully saturated rings. The molecule has 3 heterocycles. The standard InChI is InChI=1S/C29H34BrN3O6S/c1-3-39-20-12-8-17(9-13-20)31-26(35)22-23-28(37)33(14-4-5-15-34)25(29(23)16-21(30)24(22)40-29)27(36)32-18-6-10-19(38-2)11-7-18/h6-13,21-25,34H,3-5,14-16H2,1-2H3,(H,31,35)(H,32,36)/t21?,22-,23+,24-,25?,29?/m1/s1. The lowest BCUT2D eigenvalue weighted by Crippen LogP contribution is -2.52. The summed E-state index contributed by atoms with van der Waals surface area (Å²) in [5.41, 5.74) is 1.23. The van der Waals surface area contributed by atoms with Crippen molar-refractivity contribution in [1.82, 2.24) is 4.90 Å². The van der Waals surface area contributed by atoms with Gasteiger partial charge in [-0.3, -0.25) is 14.4 Å². The minimum atomic E-state index is -0.746. The fourth-order valence-corrected chi connectivity index (χ4v) is 9.89. The molecule has 214 valence electrons. The van der Waals surface area contributed by atoms with Crippen molar-refractivity contribution in [3.63, 3.8) is 0 Å². The summed E-state index contributed by atoms with van der Waals surface area (Å²) in [4.78, 5) is 43.3. The van der Waals surface area contributed by atoms with E-state index < -0.39 is 22.6 Å². The Morgan fingerprint density at radius 1 is 1.05 bits per heavy atom. The van der Waals surface area contributed by atoms with Crippen molar-refractivity contribution in [3.05, 3.63) is 48.5 Å². The molecule has 2 aromatic carbocycles. The minimum absolute atomic E-state index is 0.00667. The van der Waals surface area contributed by atoms with Crippen molar-refractivity contribution < 1.29 is 29.0 Å². The van der Waals surface area contributed by atoms with Gasteiger partial charge in [0.25, 0.3) is 0 Å². The maximum absolute atomic E-state index is 14.0. The van der Waals surface area contributed by atoms with E-state index in [1.54, 1.807) is 72.3 Å². The molecule has 0 radical (unpaired) electrons. The molecule has 3 N–H and O–H groups in total. The quantitative estimate of drug-likeness (QED) is 0.254. The van der Waals surface area contributed by atoms with Crippen LogP contribution in [0.15, 0.2) is 48.5 Å². The number of anilines is 2. The molecule has 3 aliphatic heterocycles. The number of hydrogen-bond acceptors (Lipinski definition) is 7. The lowest BCUT2D eigenvalue weighted by molar-refractivity contribution is -0.138. The number of ether oxygens (including phenoxy) is 2. The van der Waals surface area contributed by atoms with Gasteiger partial charge in [0.2, 0.25) is 17.7 Å². The van der Waals surface area contributed by atoms with Crippen molar-refractivity contribution in [1.29, 1.82) is 0 Å². The zero-order valence-electron chi connectivity index (χ0n) is 22.5. The molecule has 5 rings (SSSR count). The Morgan fingerprint density at radius 3 is 2.27 bits per heavy atom. The van der Waals surface area contributed by atoms with Gasteiger partial charge in [-0.2, -0.15) is 0 Å². The average Bonchev–Trinajstić information content (AvgIpc) is 3.54. The summed E-state index contributed by atoms with van der Waals surface area (Å²) in [6.07, 6.45) is 1.68. The highest BCUT2D eigenvalue weighted by Crippen LogP contribution is 2.67. The van der Waals surface area contributed by atoms with Gasteiger partial charge in [0, 0.05) is 34.6 Å². The number of alkyl halides is 1. The maximum Gasteiger partial charge on any atom is 0.248 e. The number of hydrogen-bond donors (Lipinski definition) is 3. The van der Waals surface area contributed by atoms with Gasteiger partial charge in [-0.25, -0.2) is 0 Å². The highest BCUT2D eigenvalue weighted by molar-refractivity contribution is 9.09. The normalized spacial score (nSPS) is 28.4. The molecule has 11 heteroatoms. The Labute approximate surface area is 246 Å². The summed E-state index contributed by atoms with van der Waals surface area (Å²) >= 11 is 5.38. The summed E-state index contributed by atoms with van der Waals surface area (Å²) in [7, 11) is 1.58. The number of fused-ring (bicyclic) bond motifs is 1. The minimum Gasteiger partial charge on any atom is -0.497 e. The molecule has 6 atom stereocenters. The van der Waals surface area contributed by atoms with E-state index in [-0.39, 0.29) is 34.4 Å². The van der Waals surface area contributed by atoms with Crippen LogP contribution in [0, 0.1) is 11.8 Å². The van der Waals surface area contributed by atoms with E-state index in [0.717, 1.165) is 0 Å². The number of thioether (sulfide) groups is 1. The topological polar surface area (TPSA) is 117 Å². The van der Waals surface area contributed by atoms with Crippen LogP contribution in [0.4, 0.5) is 11.4 Å². The Morgan fingerprint density at radius 2 is 1.68 bits per heavy atom. The number of carbonyl (C=O) groups is 3. The number of rotatable bonds is 11. The molecular weight excluding hydrogens is 598 g/mol. The molecule has 2 bridgehead atoms. The zero-order chi connectivity index (χ0) is 28.4. The van der Waals surface area contributed by atoms with E-state index in [1.807, 2.05) is 6.92 Å². The molecule has 1 spiro atoms. The second kappa shape index (κ2) is 12.0. The van der Waals surface area contributed by atoms with Crippen molar-refractivity contribution in [2.45, 2.75) is 47.1 Å². The molecule has 3 saturated heterocycles. The highest BCUT2D eigenvalue weighted by Gasteiger charge is 2.75. The number of nitrogens with zero attached hydrogens (tertiary/aromatic N) is 1. The van der Waals surface area contributed by atoms with Gasteiger partial charge in [0.1, 0.15) is 17.5 Å². The van der Waals surface area contributed by atoms with E-state index in [1.165, 1.54) is 0 Å². The first-order valence-corrected chi connectivity index (χ1v) is 15.3. The molecule has 0 aliphatic carbocycles. The van der Waals surface area contributed by atoms with Crippen LogP contribution >= 0.6 is 27.7 Å². The molecule has 0 aromatic heterocycles. The Hall–Kier alpha value is -2.76. The third-order valence-corrected chi connectivity index (χ3v) is 11.2. The number of halogens is 1. The number of likely N-dealkylation sites (tertiary alicyclic amines) is 1. The third kappa shape index (κ3) is 5.19. The lowest BCUT2D eigenvalue weighted by Gasteiger charge is -2.35. The number of nitrogens with one attached hydrogen (secondary N) is 2. The molecule has 3 amide bonds. The van der Waals surface area contributed by atoms with Crippen LogP contribution in [-0.2, 0) is 14.4 Å². The molecular formula is C29H34BrN3O6S. The van der Waals surface area contributed by atoms with Gasteiger partial charge in [0.05, 0.1) is 30.3 Å². The number of aliphatic hydroxyl groups is 1. The highest BCUT2D eigenvalue weighted by atomic mass is 79.9. The average molecular weight is 633 g/mol. The van der Waals surface area contributed by atoms with E-state index in [2.05, 4.69) is 26.6 Å². The number of amides is 3. The maximum atomic E-state index is 14.0. The first-order valence-electron chi connectivity index (χ1n) is 13.5. The summed E-state index contributed by atoms with van der Waals surface area (Å²) in [6.45, 7) is 2.80. The van der Waals surface area contributed by atoms with Crippen molar-refractivity contribution in [3.8, 4) is 11.5 Å². The molecule has 0 saturated carbocycles. The summed E-state index contributed by atoms with van der Waals surface area (Å²) in [5, 5.41) is 15.2. The fraction of sp³-hybridized carbons (Fsp3) is 0.483. The van der Waals surface area contributed by atoms with Gasteiger partial charge in [-0.1, -0.05) is 15.9 Å². The van der Waals surface area contributed by atoms with E-state index in [4.69, 9.17) is 9.47 Å². The first kappa shape index (κ1) is 28.8. The van der Waals surface area contributed by atoms with Crippen molar-refractivity contribution in [2.75, 3.05) is 37.5 Å². The summed E-state index contributed by atoms with van der Waals surface area (Å²) in [6, 6.07) is 13.5. The molecule has 40 heavy (non-hydrogen) atoms. The predicted octanol–water partition coefficient (Wildman–Crippen LogP) is 3.91. The fourth-order valence-electron chi connectivity index (χ4n) is 6.28. The number of benzene rings is 2. The van der Waals surface area contributed by atoms with Gasteiger partial charge in [-0.15, -0.1) is 11.8 Å². The number of methoxy groups -OCH3 is 1. The van der Waals surface area contributed by atoms with Crippen LogP contribution in [0.1, 0.15) is 26.2 Å². The monoisotopic (exact) mass is 631 g/mol. The van der Waals surface area contributed by atoms with Gasteiger partial charge in [-0.05, 0) is 74.7 Å². The first-order chi connectivity index (χ1) is 19.3. The van der Waals surface area contributed by atoms with Crippen LogP contribution < -0.4 is 20.1 Å². The smallest absolute Gasteiger partial charge is 0.248 e. The SMILES string of the molecule is CCOc1ccc(NC(=O)[C@H]2[C@@H]3SC4(CC3Br)C(C(=O)Nc3ccc(OC)cc3)N(CCCCO)C(=O)[C@H]24)cc1. The Balaban J connectivity index is 1.42. The van der Waals surface area contributed by atoms with Crippen LogP contribution in [-0.4, -0.2) is 75.5 Å².